The molecule has 0 saturated heterocycles. The van der Waals surface area contributed by atoms with Crippen LogP contribution in [0.2, 0.25) is 5.02 Å². The fourth-order valence-electron chi connectivity index (χ4n) is 2.36. The Kier molecular flexibility index (Phi) is 5.36. The summed E-state index contributed by atoms with van der Waals surface area (Å²) < 4.78 is 0. The Morgan fingerprint density at radius 2 is 1.74 bits per heavy atom. The van der Waals surface area contributed by atoms with Crippen LogP contribution in [0, 0.1) is 0 Å². The molecule has 0 saturated carbocycles. The zero-order chi connectivity index (χ0) is 17.0. The van der Waals surface area contributed by atoms with E-state index in [9.17, 15) is 9.59 Å². The molecule has 6 heteroatoms. The van der Waals surface area contributed by atoms with E-state index in [0.29, 0.717) is 10.6 Å². The van der Waals surface area contributed by atoms with Crippen LogP contribution in [-0.4, -0.2) is 28.7 Å². The average molecular weight is 334 g/mol. The van der Waals surface area contributed by atoms with Gasteiger partial charge in [0.2, 0.25) is 0 Å². The highest BCUT2D eigenvalue weighted by Gasteiger charge is 2.16. The quantitative estimate of drug-likeness (QED) is 0.753. The lowest BCUT2D eigenvalue weighted by molar-refractivity contribution is -0.137. The van der Waals surface area contributed by atoms with Crippen LogP contribution in [0.1, 0.15) is 28.3 Å². The number of carboxylic acid groups (broad SMARTS) is 2. The topological polar surface area (TPSA) is 101 Å². The first-order chi connectivity index (χ1) is 10.9. The summed E-state index contributed by atoms with van der Waals surface area (Å²) >= 11 is 6.22. The Labute approximate surface area is 138 Å². The summed E-state index contributed by atoms with van der Waals surface area (Å²) in [4.78, 5) is 21.8. The molecule has 0 heterocycles. The Morgan fingerprint density at radius 3 is 2.26 bits per heavy atom. The van der Waals surface area contributed by atoms with E-state index in [-0.39, 0.29) is 24.4 Å². The summed E-state index contributed by atoms with van der Waals surface area (Å²) in [5, 5.41) is 18.4. The van der Waals surface area contributed by atoms with Crippen LogP contribution >= 0.6 is 11.6 Å². The van der Waals surface area contributed by atoms with Gasteiger partial charge in [-0.25, -0.2) is 4.79 Å². The minimum atomic E-state index is -0.999. The van der Waals surface area contributed by atoms with Crippen molar-refractivity contribution in [3.05, 3.63) is 58.6 Å². The number of aromatic carboxylic acids is 1. The molecule has 23 heavy (non-hydrogen) atoms. The van der Waals surface area contributed by atoms with Gasteiger partial charge in [0.15, 0.2) is 0 Å². The van der Waals surface area contributed by atoms with Gasteiger partial charge in [0.25, 0.3) is 0 Å². The van der Waals surface area contributed by atoms with Crippen molar-refractivity contribution in [2.75, 3.05) is 6.54 Å². The van der Waals surface area contributed by atoms with E-state index in [0.717, 1.165) is 11.1 Å². The van der Waals surface area contributed by atoms with E-state index in [2.05, 4.69) is 0 Å². The molecule has 0 aliphatic heterocycles. The van der Waals surface area contributed by atoms with Gasteiger partial charge in [-0.15, -0.1) is 0 Å². The lowest BCUT2D eigenvalue weighted by Crippen LogP contribution is -2.16. The molecule has 1 atom stereocenters. The Morgan fingerprint density at radius 1 is 1.09 bits per heavy atom. The largest absolute Gasteiger partial charge is 0.481 e. The highest BCUT2D eigenvalue weighted by Crippen LogP contribution is 2.32. The van der Waals surface area contributed by atoms with Crippen LogP contribution in [0.15, 0.2) is 42.5 Å². The van der Waals surface area contributed by atoms with E-state index in [1.165, 1.54) is 12.1 Å². The van der Waals surface area contributed by atoms with Crippen molar-refractivity contribution in [2.45, 2.75) is 12.3 Å². The Balaban J connectivity index is 2.40. The van der Waals surface area contributed by atoms with Crippen molar-refractivity contribution in [3.8, 4) is 11.1 Å². The van der Waals surface area contributed by atoms with Gasteiger partial charge in [0, 0.05) is 16.5 Å². The first-order valence-corrected chi connectivity index (χ1v) is 7.35. The number of aliphatic carboxylic acids is 1. The number of halogens is 1. The standard InChI is InChI=1S/C17H16ClNO4/c18-15-6-5-12(13(9-19)8-16(20)21)7-14(15)10-1-3-11(4-2-10)17(22)23/h1-7,13H,8-9,19H2,(H,20,21)(H,22,23)/t13-/m0/s1. The van der Waals surface area contributed by atoms with Gasteiger partial charge < -0.3 is 15.9 Å². The molecular weight excluding hydrogens is 318 g/mol. The number of carboxylic acids is 2. The second-order valence-electron chi connectivity index (χ2n) is 5.15. The number of nitrogens with two attached hydrogens (primary N) is 1. The minimum absolute atomic E-state index is 0.0600. The van der Waals surface area contributed by atoms with Crippen molar-refractivity contribution in [1.82, 2.24) is 0 Å². The first kappa shape index (κ1) is 17.0. The number of hydrogen-bond acceptors (Lipinski definition) is 3. The molecule has 0 aromatic heterocycles. The molecule has 0 amide bonds. The molecule has 5 nitrogen and oxygen atoms in total. The molecule has 2 aromatic rings. The molecule has 0 bridgehead atoms. The lowest BCUT2D eigenvalue weighted by atomic mass is 9.92. The summed E-state index contributed by atoms with van der Waals surface area (Å²) in [7, 11) is 0. The van der Waals surface area contributed by atoms with E-state index in [4.69, 9.17) is 27.5 Å². The minimum Gasteiger partial charge on any atom is -0.481 e. The fraction of sp³-hybridized carbons (Fsp3) is 0.176. The molecule has 0 aliphatic rings. The summed E-state index contributed by atoms with van der Waals surface area (Å²) in [6.45, 7) is 0.214. The molecule has 0 spiro atoms. The van der Waals surface area contributed by atoms with Crippen LogP contribution in [0.3, 0.4) is 0 Å². The molecule has 4 N–H and O–H groups in total. The monoisotopic (exact) mass is 333 g/mol. The third-order valence-corrected chi connectivity index (χ3v) is 3.94. The summed E-state index contributed by atoms with van der Waals surface area (Å²) in [6.07, 6.45) is -0.0600. The highest BCUT2D eigenvalue weighted by atomic mass is 35.5. The summed E-state index contributed by atoms with van der Waals surface area (Å²) in [5.41, 5.74) is 8.12. The van der Waals surface area contributed by atoms with Crippen LogP contribution < -0.4 is 5.73 Å². The van der Waals surface area contributed by atoms with Gasteiger partial charge in [0.1, 0.15) is 0 Å². The lowest BCUT2D eigenvalue weighted by Gasteiger charge is -2.15. The van der Waals surface area contributed by atoms with Crippen LogP contribution in [-0.2, 0) is 4.79 Å². The van der Waals surface area contributed by atoms with E-state index < -0.39 is 11.9 Å². The van der Waals surface area contributed by atoms with E-state index >= 15 is 0 Å². The van der Waals surface area contributed by atoms with Crippen molar-refractivity contribution >= 4 is 23.5 Å². The molecule has 0 unspecified atom stereocenters. The normalized spacial score (nSPS) is 11.9. The summed E-state index contributed by atoms with van der Waals surface area (Å²) in [6, 6.07) is 11.6. The van der Waals surface area contributed by atoms with Gasteiger partial charge in [-0.1, -0.05) is 29.8 Å². The molecule has 0 radical (unpaired) electrons. The van der Waals surface area contributed by atoms with Crippen molar-refractivity contribution in [1.29, 1.82) is 0 Å². The highest BCUT2D eigenvalue weighted by molar-refractivity contribution is 6.33. The van der Waals surface area contributed by atoms with Crippen molar-refractivity contribution in [2.24, 2.45) is 5.73 Å². The first-order valence-electron chi connectivity index (χ1n) is 6.97. The Hall–Kier alpha value is -2.37. The van der Waals surface area contributed by atoms with E-state index in [1.54, 1.807) is 30.3 Å². The second-order valence-corrected chi connectivity index (χ2v) is 5.56. The van der Waals surface area contributed by atoms with Gasteiger partial charge in [-0.05, 0) is 41.9 Å². The SMILES string of the molecule is NC[C@H](CC(=O)O)c1ccc(Cl)c(-c2ccc(C(=O)O)cc2)c1. The Bertz CT molecular complexity index is 728. The van der Waals surface area contributed by atoms with Gasteiger partial charge in [0.05, 0.1) is 12.0 Å². The van der Waals surface area contributed by atoms with Crippen LogP contribution in [0.4, 0.5) is 0 Å². The van der Waals surface area contributed by atoms with Gasteiger partial charge in [-0.2, -0.15) is 0 Å². The number of carbonyl (C=O) groups is 2. The predicted octanol–water partition coefficient (Wildman–Crippen LogP) is 3.22. The maximum atomic E-state index is 10.9. The third kappa shape index (κ3) is 4.09. The second kappa shape index (κ2) is 7.26. The fourth-order valence-corrected chi connectivity index (χ4v) is 2.59. The van der Waals surface area contributed by atoms with Gasteiger partial charge in [-0.3, -0.25) is 4.79 Å². The molecule has 2 rings (SSSR count). The smallest absolute Gasteiger partial charge is 0.335 e. The maximum Gasteiger partial charge on any atom is 0.335 e. The third-order valence-electron chi connectivity index (χ3n) is 3.61. The van der Waals surface area contributed by atoms with Crippen LogP contribution in [0.25, 0.3) is 11.1 Å². The van der Waals surface area contributed by atoms with Gasteiger partial charge >= 0.3 is 11.9 Å². The molecular formula is C17H16ClNO4. The van der Waals surface area contributed by atoms with Crippen molar-refractivity contribution in [3.63, 3.8) is 0 Å². The maximum absolute atomic E-state index is 10.9. The molecule has 120 valence electrons. The summed E-state index contributed by atoms with van der Waals surface area (Å²) in [5.74, 6) is -2.22. The predicted molar refractivity (Wildman–Crippen MR) is 87.9 cm³/mol. The molecule has 0 aliphatic carbocycles. The average Bonchev–Trinajstić information content (AvgIpc) is 2.53. The number of rotatable bonds is 6. The molecule has 0 fully saturated rings. The van der Waals surface area contributed by atoms with E-state index in [1.807, 2.05) is 0 Å². The van der Waals surface area contributed by atoms with Crippen molar-refractivity contribution < 1.29 is 19.8 Å². The number of benzene rings is 2. The number of hydrogen-bond donors (Lipinski definition) is 3. The zero-order valence-electron chi connectivity index (χ0n) is 12.2. The zero-order valence-corrected chi connectivity index (χ0v) is 13.0. The van der Waals surface area contributed by atoms with Crippen LogP contribution in [0.5, 0.6) is 0 Å². The molecule has 2 aromatic carbocycles.